The second kappa shape index (κ2) is 7.94. The zero-order chi connectivity index (χ0) is 19.6. The van der Waals surface area contributed by atoms with Crippen LogP contribution in [0.25, 0.3) is 0 Å². The summed E-state index contributed by atoms with van der Waals surface area (Å²) in [5, 5.41) is 0. The molecule has 3 rings (SSSR count). The molecule has 0 saturated heterocycles. The van der Waals surface area contributed by atoms with Gasteiger partial charge in [-0.05, 0) is 71.1 Å². The second-order valence-electron chi connectivity index (χ2n) is 7.42. The minimum atomic E-state index is -3.51. The number of ether oxygens (including phenoxy) is 1. The highest BCUT2D eigenvalue weighted by molar-refractivity contribution is 7.89. The molecule has 146 valence electrons. The summed E-state index contributed by atoms with van der Waals surface area (Å²) < 4.78 is 34.2. The molecule has 1 saturated carbocycles. The van der Waals surface area contributed by atoms with E-state index in [2.05, 4.69) is 14.7 Å². The number of benzene rings is 1. The summed E-state index contributed by atoms with van der Waals surface area (Å²) in [5.41, 5.74) is 3.59. The van der Waals surface area contributed by atoms with Crippen LogP contribution in [0.5, 0.6) is 6.01 Å². The summed E-state index contributed by atoms with van der Waals surface area (Å²) in [6, 6.07) is 7.65. The van der Waals surface area contributed by atoms with Crippen molar-refractivity contribution < 1.29 is 13.2 Å². The fourth-order valence-electron chi connectivity index (χ4n) is 3.58. The molecular weight excluding hydrogens is 362 g/mol. The monoisotopic (exact) mass is 389 g/mol. The predicted molar refractivity (Wildman–Crippen MR) is 104 cm³/mol. The molecule has 0 aliphatic heterocycles. The van der Waals surface area contributed by atoms with Crippen molar-refractivity contribution >= 4 is 10.0 Å². The lowest BCUT2D eigenvalue weighted by Gasteiger charge is -2.29. The highest BCUT2D eigenvalue weighted by Crippen LogP contribution is 2.25. The maximum absolute atomic E-state index is 12.7. The number of sulfonamides is 1. The Bertz CT molecular complexity index is 900. The van der Waals surface area contributed by atoms with Crippen LogP contribution >= 0.6 is 0 Å². The van der Waals surface area contributed by atoms with E-state index in [0.29, 0.717) is 10.9 Å². The number of nitrogens with one attached hydrogen (secondary N) is 1. The third-order valence-electron chi connectivity index (χ3n) is 4.85. The van der Waals surface area contributed by atoms with Gasteiger partial charge in [-0.1, -0.05) is 17.7 Å². The Hall–Kier alpha value is -1.99. The van der Waals surface area contributed by atoms with Gasteiger partial charge >= 0.3 is 6.01 Å². The van der Waals surface area contributed by atoms with Crippen LogP contribution in [0.3, 0.4) is 0 Å². The quantitative estimate of drug-likeness (QED) is 0.848. The van der Waals surface area contributed by atoms with Gasteiger partial charge in [0.2, 0.25) is 10.0 Å². The summed E-state index contributed by atoms with van der Waals surface area (Å²) in [7, 11) is -3.51. The number of hydrogen-bond donors (Lipinski definition) is 1. The third kappa shape index (κ3) is 5.05. The van der Waals surface area contributed by atoms with Crippen molar-refractivity contribution in [3.05, 3.63) is 46.8 Å². The standard InChI is InChI=1S/C20H27N3O3S/c1-13-5-10-19(14(2)11-13)27(24,25)23-17-6-8-18(9-7-17)26-20-21-15(3)12-16(4)22-20/h5,10-12,17-18,23H,6-9H2,1-4H3. The molecule has 1 aliphatic carbocycles. The molecule has 0 spiro atoms. The Balaban J connectivity index is 1.59. The van der Waals surface area contributed by atoms with Crippen molar-refractivity contribution in [2.75, 3.05) is 0 Å². The predicted octanol–water partition coefficient (Wildman–Crippen LogP) is 3.38. The van der Waals surface area contributed by atoms with Crippen molar-refractivity contribution in [2.45, 2.75) is 70.4 Å². The van der Waals surface area contributed by atoms with E-state index in [1.165, 1.54) is 0 Å². The van der Waals surface area contributed by atoms with Gasteiger partial charge in [-0.3, -0.25) is 0 Å². The Morgan fingerprint density at radius 1 is 0.963 bits per heavy atom. The topological polar surface area (TPSA) is 81.2 Å². The number of rotatable bonds is 5. The Morgan fingerprint density at radius 3 is 2.19 bits per heavy atom. The van der Waals surface area contributed by atoms with E-state index < -0.39 is 10.0 Å². The van der Waals surface area contributed by atoms with Crippen LogP contribution < -0.4 is 9.46 Å². The van der Waals surface area contributed by atoms with E-state index in [0.717, 1.165) is 48.2 Å². The fraction of sp³-hybridized carbons (Fsp3) is 0.500. The van der Waals surface area contributed by atoms with E-state index in [1.54, 1.807) is 6.07 Å². The van der Waals surface area contributed by atoms with Gasteiger partial charge in [-0.2, -0.15) is 0 Å². The number of hydrogen-bond acceptors (Lipinski definition) is 5. The van der Waals surface area contributed by atoms with Gasteiger partial charge in [0.25, 0.3) is 0 Å². The largest absolute Gasteiger partial charge is 0.460 e. The minimum Gasteiger partial charge on any atom is -0.460 e. The van der Waals surface area contributed by atoms with E-state index in [9.17, 15) is 8.42 Å². The molecule has 1 heterocycles. The number of aryl methyl sites for hydroxylation is 4. The maximum Gasteiger partial charge on any atom is 0.317 e. The lowest BCUT2D eigenvalue weighted by Crippen LogP contribution is -2.40. The Morgan fingerprint density at radius 2 is 1.59 bits per heavy atom. The van der Waals surface area contributed by atoms with Crippen LogP contribution in [-0.4, -0.2) is 30.5 Å². The summed E-state index contributed by atoms with van der Waals surface area (Å²) >= 11 is 0. The first-order valence-corrected chi connectivity index (χ1v) is 10.8. The van der Waals surface area contributed by atoms with E-state index in [-0.39, 0.29) is 12.1 Å². The molecular formula is C20H27N3O3S. The molecule has 0 unspecified atom stereocenters. The SMILES string of the molecule is Cc1ccc(S(=O)(=O)NC2CCC(Oc3nc(C)cc(C)n3)CC2)c(C)c1. The first kappa shape index (κ1) is 19.8. The van der Waals surface area contributed by atoms with Gasteiger partial charge in [0.1, 0.15) is 6.10 Å². The highest BCUT2D eigenvalue weighted by Gasteiger charge is 2.27. The normalized spacial score (nSPS) is 20.4. The van der Waals surface area contributed by atoms with Crippen molar-refractivity contribution in [3.63, 3.8) is 0 Å². The molecule has 1 fully saturated rings. The minimum absolute atomic E-state index is 0.0214. The molecule has 6 nitrogen and oxygen atoms in total. The number of aromatic nitrogens is 2. The first-order valence-electron chi connectivity index (χ1n) is 9.31. The average Bonchev–Trinajstić information content (AvgIpc) is 2.55. The average molecular weight is 390 g/mol. The molecule has 7 heteroatoms. The van der Waals surface area contributed by atoms with Gasteiger partial charge in [0.05, 0.1) is 4.90 Å². The zero-order valence-corrected chi connectivity index (χ0v) is 17.1. The zero-order valence-electron chi connectivity index (χ0n) is 16.3. The highest BCUT2D eigenvalue weighted by atomic mass is 32.2. The smallest absolute Gasteiger partial charge is 0.317 e. The second-order valence-corrected chi connectivity index (χ2v) is 9.10. The fourth-order valence-corrected chi connectivity index (χ4v) is 5.11. The molecule has 1 aromatic carbocycles. The maximum atomic E-state index is 12.7. The molecule has 0 atom stereocenters. The summed E-state index contributed by atoms with van der Waals surface area (Å²) in [4.78, 5) is 8.99. The molecule has 0 bridgehead atoms. The van der Waals surface area contributed by atoms with Gasteiger partial charge < -0.3 is 4.74 Å². The molecule has 1 N–H and O–H groups in total. The van der Waals surface area contributed by atoms with Crippen LogP contribution in [0, 0.1) is 27.7 Å². The van der Waals surface area contributed by atoms with Crippen LogP contribution in [-0.2, 0) is 10.0 Å². The molecule has 1 aromatic heterocycles. The molecule has 1 aliphatic rings. The van der Waals surface area contributed by atoms with Crippen LogP contribution in [0.2, 0.25) is 0 Å². The van der Waals surface area contributed by atoms with Gasteiger partial charge in [-0.25, -0.2) is 23.1 Å². The van der Waals surface area contributed by atoms with E-state index in [1.807, 2.05) is 45.9 Å². The van der Waals surface area contributed by atoms with Gasteiger partial charge in [0, 0.05) is 17.4 Å². The van der Waals surface area contributed by atoms with Crippen molar-refractivity contribution in [2.24, 2.45) is 0 Å². The lowest BCUT2D eigenvalue weighted by atomic mass is 9.94. The van der Waals surface area contributed by atoms with Crippen molar-refractivity contribution in [1.29, 1.82) is 0 Å². The van der Waals surface area contributed by atoms with Crippen LogP contribution in [0.1, 0.15) is 48.2 Å². The van der Waals surface area contributed by atoms with Gasteiger partial charge in [0.15, 0.2) is 0 Å². The summed E-state index contributed by atoms with van der Waals surface area (Å²) in [6.07, 6.45) is 3.04. The van der Waals surface area contributed by atoms with E-state index in [4.69, 9.17) is 4.74 Å². The first-order chi connectivity index (χ1) is 12.7. The molecule has 0 radical (unpaired) electrons. The third-order valence-corrected chi connectivity index (χ3v) is 6.53. The Labute approximate surface area is 161 Å². The van der Waals surface area contributed by atoms with Crippen molar-refractivity contribution in [1.82, 2.24) is 14.7 Å². The summed E-state index contributed by atoms with van der Waals surface area (Å²) in [6.45, 7) is 7.62. The number of nitrogens with zero attached hydrogens (tertiary/aromatic N) is 2. The molecule has 2 aromatic rings. The Kier molecular flexibility index (Phi) is 5.81. The molecule has 27 heavy (non-hydrogen) atoms. The van der Waals surface area contributed by atoms with E-state index >= 15 is 0 Å². The van der Waals surface area contributed by atoms with Crippen LogP contribution in [0.4, 0.5) is 0 Å². The van der Waals surface area contributed by atoms with Gasteiger partial charge in [-0.15, -0.1) is 0 Å². The van der Waals surface area contributed by atoms with Crippen molar-refractivity contribution in [3.8, 4) is 6.01 Å². The summed E-state index contributed by atoms with van der Waals surface area (Å²) in [5.74, 6) is 0. The lowest BCUT2D eigenvalue weighted by molar-refractivity contribution is 0.131. The van der Waals surface area contributed by atoms with Crippen LogP contribution in [0.15, 0.2) is 29.2 Å². The molecule has 0 amide bonds.